The number of carboxylic acid groups (broad SMARTS) is 1. The molecule has 0 bridgehead atoms. The van der Waals surface area contributed by atoms with Crippen LogP contribution in [0.4, 0.5) is 5.69 Å². The van der Waals surface area contributed by atoms with Gasteiger partial charge in [-0.3, -0.25) is 0 Å². The van der Waals surface area contributed by atoms with E-state index in [1.54, 1.807) is 12.1 Å². The Morgan fingerprint density at radius 3 is 2.30 bits per heavy atom. The van der Waals surface area contributed by atoms with Crippen molar-refractivity contribution in [2.45, 2.75) is 4.90 Å². The van der Waals surface area contributed by atoms with E-state index in [2.05, 4.69) is 0 Å². The maximum absolute atomic E-state index is 12.3. The van der Waals surface area contributed by atoms with Crippen LogP contribution in [0.3, 0.4) is 0 Å². The number of hydrogen-bond acceptors (Lipinski definition) is 6. The number of nitriles is 2. The van der Waals surface area contributed by atoms with Crippen LogP contribution in [0.1, 0.15) is 10.4 Å². The molecule has 0 amide bonds. The van der Waals surface area contributed by atoms with Crippen molar-refractivity contribution >= 4 is 21.7 Å². The smallest absolute Gasteiger partial charge is 0.337 e. The normalized spacial score (nSPS) is 10.8. The number of rotatable bonds is 5. The third-order valence-electron chi connectivity index (χ3n) is 2.35. The van der Waals surface area contributed by atoms with Gasteiger partial charge in [0.2, 0.25) is 10.0 Å². The second-order valence-electron chi connectivity index (χ2n) is 3.65. The zero-order valence-corrected chi connectivity index (χ0v) is 11.0. The number of aromatic carboxylic acids is 1. The number of sulfonamides is 1. The van der Waals surface area contributed by atoms with E-state index in [9.17, 15) is 13.2 Å². The highest BCUT2D eigenvalue weighted by Crippen LogP contribution is 2.22. The lowest BCUT2D eigenvalue weighted by Crippen LogP contribution is -2.33. The molecule has 20 heavy (non-hydrogen) atoms. The summed E-state index contributed by atoms with van der Waals surface area (Å²) < 4.78 is 25.2. The second kappa shape index (κ2) is 6.02. The molecule has 1 aromatic carbocycles. The molecule has 1 rings (SSSR count). The highest BCUT2D eigenvalue weighted by atomic mass is 32.2. The van der Waals surface area contributed by atoms with Crippen molar-refractivity contribution in [3.05, 3.63) is 23.8 Å². The summed E-state index contributed by atoms with van der Waals surface area (Å²) >= 11 is 0. The fourth-order valence-corrected chi connectivity index (χ4v) is 2.90. The Bertz CT molecular complexity index is 699. The van der Waals surface area contributed by atoms with Crippen LogP contribution in [0, 0.1) is 22.7 Å². The van der Waals surface area contributed by atoms with Crippen LogP contribution >= 0.6 is 0 Å². The summed E-state index contributed by atoms with van der Waals surface area (Å²) in [6.45, 7) is -1.13. The molecule has 9 heteroatoms. The first kappa shape index (κ1) is 15.4. The summed E-state index contributed by atoms with van der Waals surface area (Å²) in [5, 5.41) is 26.2. The molecule has 0 unspecified atom stereocenters. The Kier molecular flexibility index (Phi) is 4.64. The van der Waals surface area contributed by atoms with Gasteiger partial charge in [-0.2, -0.15) is 14.8 Å². The molecular formula is C11H10N4O4S. The number of nitrogen functional groups attached to an aromatic ring is 1. The van der Waals surface area contributed by atoms with E-state index >= 15 is 0 Å². The number of hydrogen-bond donors (Lipinski definition) is 2. The van der Waals surface area contributed by atoms with E-state index in [0.717, 1.165) is 12.1 Å². The number of carbonyl (C=O) groups is 1. The van der Waals surface area contributed by atoms with Crippen molar-refractivity contribution in [3.8, 4) is 12.1 Å². The van der Waals surface area contributed by atoms with Crippen molar-refractivity contribution in [2.75, 3.05) is 18.8 Å². The molecule has 0 aromatic heterocycles. The Balaban J connectivity index is 3.49. The average molecular weight is 294 g/mol. The molecule has 104 valence electrons. The molecule has 0 spiro atoms. The van der Waals surface area contributed by atoms with Gasteiger partial charge >= 0.3 is 5.97 Å². The second-order valence-corrected chi connectivity index (χ2v) is 5.56. The van der Waals surface area contributed by atoms with Crippen molar-refractivity contribution in [1.29, 1.82) is 10.5 Å². The zero-order chi connectivity index (χ0) is 15.3. The third kappa shape index (κ3) is 3.03. The molecule has 0 aliphatic rings. The molecule has 0 radical (unpaired) electrons. The highest BCUT2D eigenvalue weighted by Gasteiger charge is 2.29. The molecule has 3 N–H and O–H groups in total. The first-order valence-corrected chi connectivity index (χ1v) is 6.65. The minimum Gasteiger partial charge on any atom is -0.478 e. The Hall–Kier alpha value is -2.62. The molecule has 0 saturated heterocycles. The summed E-state index contributed by atoms with van der Waals surface area (Å²) in [7, 11) is -4.30. The molecule has 1 aromatic rings. The quantitative estimate of drug-likeness (QED) is 0.573. The van der Waals surface area contributed by atoms with E-state index in [-0.39, 0.29) is 5.69 Å². The molecule has 0 aliphatic carbocycles. The molecule has 0 atom stereocenters. The summed E-state index contributed by atoms with van der Waals surface area (Å²) in [5.41, 5.74) is 5.05. The van der Waals surface area contributed by atoms with Crippen molar-refractivity contribution in [3.63, 3.8) is 0 Å². The minimum atomic E-state index is -4.30. The fourth-order valence-electron chi connectivity index (χ4n) is 1.45. The fraction of sp³-hybridized carbons (Fsp3) is 0.182. The average Bonchev–Trinajstić information content (AvgIpc) is 2.38. The van der Waals surface area contributed by atoms with Gasteiger partial charge in [0, 0.05) is 5.69 Å². The minimum absolute atomic E-state index is 0.0578. The number of anilines is 1. The monoisotopic (exact) mass is 294 g/mol. The molecule has 0 saturated carbocycles. The van der Waals surface area contributed by atoms with Crippen LogP contribution in [-0.2, 0) is 10.0 Å². The summed E-state index contributed by atoms with van der Waals surface area (Å²) in [5.74, 6) is -1.45. The molecule has 8 nitrogen and oxygen atoms in total. The lowest BCUT2D eigenvalue weighted by Gasteiger charge is -2.17. The van der Waals surface area contributed by atoms with E-state index in [1.807, 2.05) is 0 Å². The Labute approximate surface area is 115 Å². The van der Waals surface area contributed by atoms with E-state index in [0.29, 0.717) is 4.31 Å². The molecular weight excluding hydrogens is 284 g/mol. The SMILES string of the molecule is N#CCN(CC#N)S(=O)(=O)c1cc(N)ccc1C(=O)O. The largest absolute Gasteiger partial charge is 0.478 e. The van der Waals surface area contributed by atoms with Crippen LogP contribution < -0.4 is 5.73 Å². The van der Waals surface area contributed by atoms with E-state index in [4.69, 9.17) is 21.4 Å². The van der Waals surface area contributed by atoms with Crippen LogP contribution in [0.25, 0.3) is 0 Å². The Morgan fingerprint density at radius 2 is 1.85 bits per heavy atom. The maximum Gasteiger partial charge on any atom is 0.337 e. The van der Waals surface area contributed by atoms with Gasteiger partial charge in [-0.25, -0.2) is 13.2 Å². The third-order valence-corrected chi connectivity index (χ3v) is 4.18. The van der Waals surface area contributed by atoms with Crippen molar-refractivity contribution < 1.29 is 18.3 Å². The topological polar surface area (TPSA) is 148 Å². The number of benzene rings is 1. The van der Waals surface area contributed by atoms with E-state index in [1.165, 1.54) is 6.07 Å². The van der Waals surface area contributed by atoms with Crippen molar-refractivity contribution in [1.82, 2.24) is 4.31 Å². The number of carboxylic acids is 1. The van der Waals surface area contributed by atoms with Crippen LogP contribution in [0.15, 0.2) is 23.1 Å². The lowest BCUT2D eigenvalue weighted by molar-refractivity contribution is 0.0692. The van der Waals surface area contributed by atoms with Gasteiger partial charge in [0.25, 0.3) is 0 Å². The van der Waals surface area contributed by atoms with Gasteiger partial charge in [0.1, 0.15) is 13.1 Å². The zero-order valence-electron chi connectivity index (χ0n) is 10.1. The molecule has 0 fully saturated rings. The molecule has 0 aliphatic heterocycles. The Morgan fingerprint density at radius 1 is 1.30 bits per heavy atom. The summed E-state index contributed by atoms with van der Waals surface area (Å²) in [4.78, 5) is 10.5. The van der Waals surface area contributed by atoms with Gasteiger partial charge in [0.15, 0.2) is 0 Å². The highest BCUT2D eigenvalue weighted by molar-refractivity contribution is 7.89. The van der Waals surface area contributed by atoms with Gasteiger partial charge in [0.05, 0.1) is 22.6 Å². The summed E-state index contributed by atoms with van der Waals surface area (Å²) in [6, 6.07) is 6.51. The van der Waals surface area contributed by atoms with Gasteiger partial charge in [-0.05, 0) is 18.2 Å². The van der Waals surface area contributed by atoms with Gasteiger partial charge in [-0.1, -0.05) is 0 Å². The van der Waals surface area contributed by atoms with Crippen LogP contribution in [0.2, 0.25) is 0 Å². The van der Waals surface area contributed by atoms with Gasteiger partial charge < -0.3 is 10.8 Å². The van der Waals surface area contributed by atoms with E-state index < -0.39 is 39.5 Å². The number of nitrogens with zero attached hydrogens (tertiary/aromatic N) is 3. The van der Waals surface area contributed by atoms with Crippen molar-refractivity contribution in [2.24, 2.45) is 0 Å². The van der Waals surface area contributed by atoms with Crippen LogP contribution in [0.5, 0.6) is 0 Å². The predicted molar refractivity (Wildman–Crippen MR) is 67.8 cm³/mol. The van der Waals surface area contributed by atoms with Crippen LogP contribution in [-0.4, -0.2) is 36.9 Å². The number of nitrogens with two attached hydrogens (primary N) is 1. The first-order chi connectivity index (χ1) is 9.34. The summed E-state index contributed by atoms with van der Waals surface area (Å²) in [6.07, 6.45) is 0. The molecule has 0 heterocycles. The lowest BCUT2D eigenvalue weighted by atomic mass is 10.2. The predicted octanol–water partition coefficient (Wildman–Crippen LogP) is 0.00486. The first-order valence-electron chi connectivity index (χ1n) is 5.21. The van der Waals surface area contributed by atoms with Gasteiger partial charge in [-0.15, -0.1) is 0 Å². The maximum atomic E-state index is 12.3. The standard InChI is InChI=1S/C11H10N4O4S/c12-3-5-15(6-4-13)20(18,19)10-7-8(14)1-2-9(10)11(16)17/h1-2,7H,5-6,14H2,(H,16,17).